The van der Waals surface area contributed by atoms with E-state index in [9.17, 15) is 9.59 Å². The number of ether oxygens (including phenoxy) is 2. The molecule has 1 aliphatic heterocycles. The minimum atomic E-state index is -0.280. The molecular weight excluding hydrogens is 284 g/mol. The molecule has 2 aliphatic rings. The molecule has 2 amide bonds. The van der Waals surface area contributed by atoms with Crippen molar-refractivity contribution in [3.8, 4) is 11.5 Å². The second-order valence-corrected chi connectivity index (χ2v) is 6.75. The highest BCUT2D eigenvalue weighted by molar-refractivity contribution is 5.99. The fourth-order valence-corrected chi connectivity index (χ4v) is 2.45. The summed E-state index contributed by atoms with van der Waals surface area (Å²) in [4.78, 5) is 24.2. The van der Waals surface area contributed by atoms with Crippen molar-refractivity contribution in [3.63, 3.8) is 0 Å². The molecule has 1 saturated carbocycles. The molecule has 1 fully saturated rings. The van der Waals surface area contributed by atoms with E-state index in [1.165, 1.54) is 0 Å². The molecule has 1 aromatic rings. The summed E-state index contributed by atoms with van der Waals surface area (Å²) in [6.07, 6.45) is 0.596. The fourth-order valence-electron chi connectivity index (χ4n) is 2.45. The third-order valence-electron chi connectivity index (χ3n) is 3.60. The predicted molar refractivity (Wildman–Crippen MR) is 80.7 cm³/mol. The van der Waals surface area contributed by atoms with Gasteiger partial charge in [0.25, 0.3) is 0 Å². The Hall–Kier alpha value is -2.24. The number of amides is 2. The monoisotopic (exact) mass is 304 g/mol. The van der Waals surface area contributed by atoms with E-state index in [-0.39, 0.29) is 36.0 Å². The van der Waals surface area contributed by atoms with E-state index < -0.39 is 0 Å². The number of carbonyl (C=O) groups excluding carboxylic acids is 2. The lowest BCUT2D eigenvalue weighted by Crippen LogP contribution is -2.42. The Bertz CT molecular complexity index is 621. The van der Waals surface area contributed by atoms with Crippen molar-refractivity contribution in [1.82, 2.24) is 5.32 Å². The van der Waals surface area contributed by atoms with E-state index >= 15 is 0 Å². The molecule has 22 heavy (non-hydrogen) atoms. The van der Waals surface area contributed by atoms with Crippen molar-refractivity contribution < 1.29 is 19.1 Å². The molecular formula is C16H20N2O4. The van der Waals surface area contributed by atoms with Crippen LogP contribution in [0.3, 0.4) is 0 Å². The molecule has 1 heterocycles. The van der Waals surface area contributed by atoms with Gasteiger partial charge < -0.3 is 20.1 Å². The van der Waals surface area contributed by atoms with Gasteiger partial charge in [-0.25, -0.2) is 0 Å². The second-order valence-electron chi connectivity index (χ2n) is 6.75. The first-order valence-electron chi connectivity index (χ1n) is 7.36. The number of anilines is 1. The van der Waals surface area contributed by atoms with E-state index in [0.717, 1.165) is 0 Å². The standard InChI is InChI=1S/C16H20N2O4/c1-16(2,3)18-15(20)11-7-10(11)14(19)17-9-4-5-12-13(6-9)22-8-21-12/h4-6,10-11H,7-8H2,1-3H3,(H,17,19)(H,18,20). The van der Waals surface area contributed by atoms with Gasteiger partial charge in [0, 0.05) is 17.3 Å². The maximum absolute atomic E-state index is 12.2. The Morgan fingerprint density at radius 2 is 1.77 bits per heavy atom. The summed E-state index contributed by atoms with van der Waals surface area (Å²) < 4.78 is 10.5. The summed E-state index contributed by atoms with van der Waals surface area (Å²) in [7, 11) is 0. The Morgan fingerprint density at radius 3 is 2.50 bits per heavy atom. The Balaban J connectivity index is 1.57. The van der Waals surface area contributed by atoms with Crippen LogP contribution in [0.5, 0.6) is 11.5 Å². The van der Waals surface area contributed by atoms with Gasteiger partial charge in [-0.2, -0.15) is 0 Å². The minimum absolute atomic E-state index is 0.0571. The number of hydrogen-bond donors (Lipinski definition) is 2. The molecule has 1 aromatic carbocycles. The highest BCUT2D eigenvalue weighted by atomic mass is 16.7. The zero-order valence-electron chi connectivity index (χ0n) is 12.9. The van der Waals surface area contributed by atoms with Gasteiger partial charge in [-0.1, -0.05) is 0 Å². The van der Waals surface area contributed by atoms with Crippen LogP contribution in [0.15, 0.2) is 18.2 Å². The average Bonchev–Trinajstić information content (AvgIpc) is 3.09. The van der Waals surface area contributed by atoms with Gasteiger partial charge in [-0.15, -0.1) is 0 Å². The third-order valence-corrected chi connectivity index (χ3v) is 3.60. The Kier molecular flexibility index (Phi) is 3.47. The first-order chi connectivity index (χ1) is 10.3. The van der Waals surface area contributed by atoms with Crippen LogP contribution in [-0.2, 0) is 9.59 Å². The number of carbonyl (C=O) groups is 2. The first-order valence-corrected chi connectivity index (χ1v) is 7.36. The molecule has 2 N–H and O–H groups in total. The summed E-state index contributed by atoms with van der Waals surface area (Å²) in [5.74, 6) is 0.620. The van der Waals surface area contributed by atoms with Crippen LogP contribution in [0.1, 0.15) is 27.2 Å². The molecule has 0 aromatic heterocycles. The smallest absolute Gasteiger partial charge is 0.231 e. The molecule has 2 atom stereocenters. The van der Waals surface area contributed by atoms with Crippen molar-refractivity contribution in [2.75, 3.05) is 12.1 Å². The summed E-state index contributed by atoms with van der Waals surface area (Å²) in [5, 5.41) is 5.74. The number of hydrogen-bond acceptors (Lipinski definition) is 4. The number of nitrogens with one attached hydrogen (secondary N) is 2. The Morgan fingerprint density at radius 1 is 1.09 bits per heavy atom. The summed E-state index contributed by atoms with van der Waals surface area (Å²) in [5.41, 5.74) is 0.369. The molecule has 0 bridgehead atoms. The van der Waals surface area contributed by atoms with Crippen LogP contribution in [0.4, 0.5) is 5.69 Å². The van der Waals surface area contributed by atoms with Gasteiger partial charge in [0.05, 0.1) is 11.8 Å². The largest absolute Gasteiger partial charge is 0.454 e. The van der Waals surface area contributed by atoms with Gasteiger partial charge in [0.1, 0.15) is 0 Å². The van der Waals surface area contributed by atoms with E-state index in [2.05, 4.69) is 10.6 Å². The quantitative estimate of drug-likeness (QED) is 0.894. The molecule has 3 rings (SSSR count). The highest BCUT2D eigenvalue weighted by Gasteiger charge is 2.48. The molecule has 1 aliphatic carbocycles. The van der Waals surface area contributed by atoms with Crippen LogP contribution in [0.25, 0.3) is 0 Å². The minimum Gasteiger partial charge on any atom is -0.454 e. The molecule has 0 radical (unpaired) electrons. The zero-order valence-corrected chi connectivity index (χ0v) is 12.9. The topological polar surface area (TPSA) is 76.7 Å². The van der Waals surface area contributed by atoms with Crippen LogP contribution in [0, 0.1) is 11.8 Å². The second kappa shape index (κ2) is 5.19. The maximum atomic E-state index is 12.2. The van der Waals surface area contributed by atoms with Crippen molar-refractivity contribution in [2.45, 2.75) is 32.7 Å². The van der Waals surface area contributed by atoms with E-state index in [1.807, 2.05) is 20.8 Å². The lowest BCUT2D eigenvalue weighted by Gasteiger charge is -2.20. The SMILES string of the molecule is CC(C)(C)NC(=O)C1CC1C(=O)Nc1ccc2c(c1)OCO2. The van der Waals surface area contributed by atoms with Gasteiger partial charge in [-0.3, -0.25) is 9.59 Å². The zero-order chi connectivity index (χ0) is 15.9. The molecule has 0 spiro atoms. The summed E-state index contributed by atoms with van der Waals surface area (Å²) in [6, 6.07) is 5.25. The van der Waals surface area contributed by atoms with Crippen molar-refractivity contribution in [3.05, 3.63) is 18.2 Å². The van der Waals surface area contributed by atoms with Crippen LogP contribution < -0.4 is 20.1 Å². The normalized spacial score (nSPS) is 22.1. The van der Waals surface area contributed by atoms with Gasteiger partial charge in [0.15, 0.2) is 11.5 Å². The predicted octanol–water partition coefficient (Wildman–Crippen LogP) is 1.90. The van der Waals surface area contributed by atoms with Crippen LogP contribution in [-0.4, -0.2) is 24.1 Å². The summed E-state index contributed by atoms with van der Waals surface area (Å²) in [6.45, 7) is 5.98. The Labute approximate surface area is 129 Å². The number of fused-ring (bicyclic) bond motifs is 1. The van der Waals surface area contributed by atoms with E-state index in [0.29, 0.717) is 23.6 Å². The molecule has 2 unspecified atom stereocenters. The molecule has 118 valence electrons. The fraction of sp³-hybridized carbons (Fsp3) is 0.500. The van der Waals surface area contributed by atoms with E-state index in [4.69, 9.17) is 9.47 Å². The highest BCUT2D eigenvalue weighted by Crippen LogP contribution is 2.40. The number of rotatable bonds is 3. The lowest BCUT2D eigenvalue weighted by molar-refractivity contribution is -0.126. The van der Waals surface area contributed by atoms with Crippen molar-refractivity contribution in [1.29, 1.82) is 0 Å². The maximum Gasteiger partial charge on any atom is 0.231 e. The average molecular weight is 304 g/mol. The van der Waals surface area contributed by atoms with Crippen LogP contribution >= 0.6 is 0 Å². The van der Waals surface area contributed by atoms with Gasteiger partial charge in [-0.05, 0) is 39.3 Å². The van der Waals surface area contributed by atoms with E-state index in [1.54, 1.807) is 18.2 Å². The third kappa shape index (κ3) is 3.16. The van der Waals surface area contributed by atoms with Gasteiger partial charge in [0.2, 0.25) is 18.6 Å². The first kappa shape index (κ1) is 14.7. The van der Waals surface area contributed by atoms with Crippen LogP contribution in [0.2, 0.25) is 0 Å². The summed E-state index contributed by atoms with van der Waals surface area (Å²) >= 11 is 0. The van der Waals surface area contributed by atoms with Gasteiger partial charge >= 0.3 is 0 Å². The van der Waals surface area contributed by atoms with Crippen molar-refractivity contribution >= 4 is 17.5 Å². The molecule has 6 nitrogen and oxygen atoms in total. The van der Waals surface area contributed by atoms with Crippen molar-refractivity contribution in [2.24, 2.45) is 11.8 Å². The number of benzene rings is 1. The lowest BCUT2D eigenvalue weighted by atomic mass is 10.1. The molecule has 0 saturated heterocycles. The molecule has 6 heteroatoms.